The summed E-state index contributed by atoms with van der Waals surface area (Å²) < 4.78 is 1.81. The van der Waals surface area contributed by atoms with Crippen molar-refractivity contribution >= 4 is 22.5 Å². The molecule has 0 atom stereocenters. The second-order valence-corrected chi connectivity index (χ2v) is 6.23. The summed E-state index contributed by atoms with van der Waals surface area (Å²) in [4.78, 5) is 25.4. The average Bonchev–Trinajstić information content (AvgIpc) is 2.54. The summed E-state index contributed by atoms with van der Waals surface area (Å²) in [6.07, 6.45) is 1.60. The Morgan fingerprint density at radius 3 is 2.33 bits per heavy atom. The number of aromatic nitrogens is 1. The highest BCUT2D eigenvalue weighted by Gasteiger charge is 2.16. The fourth-order valence-electron chi connectivity index (χ4n) is 3.16. The summed E-state index contributed by atoms with van der Waals surface area (Å²) >= 11 is 0. The van der Waals surface area contributed by atoms with E-state index in [-0.39, 0.29) is 16.9 Å². The van der Waals surface area contributed by atoms with E-state index in [0.29, 0.717) is 5.39 Å². The molecule has 1 aromatic heterocycles. The van der Waals surface area contributed by atoms with E-state index in [9.17, 15) is 9.59 Å². The van der Waals surface area contributed by atoms with Gasteiger partial charge in [0.1, 0.15) is 5.56 Å². The van der Waals surface area contributed by atoms with Gasteiger partial charge in [-0.15, -0.1) is 0 Å². The Hall–Kier alpha value is -2.88. The number of fused-ring (bicyclic) bond motifs is 1. The van der Waals surface area contributed by atoms with Gasteiger partial charge >= 0.3 is 0 Å². The van der Waals surface area contributed by atoms with E-state index in [1.165, 1.54) is 0 Å². The number of pyridine rings is 1. The van der Waals surface area contributed by atoms with Crippen molar-refractivity contribution in [2.45, 2.75) is 20.8 Å². The molecular weight excluding hydrogens is 300 g/mol. The third-order valence-corrected chi connectivity index (χ3v) is 4.26. The molecule has 1 amide bonds. The highest BCUT2D eigenvalue weighted by atomic mass is 16.2. The number of hydrogen-bond acceptors (Lipinski definition) is 2. The van der Waals surface area contributed by atoms with Crippen LogP contribution in [-0.4, -0.2) is 10.5 Å². The molecule has 0 aliphatic heterocycles. The number of para-hydroxylation sites is 1. The molecule has 3 rings (SSSR count). The van der Waals surface area contributed by atoms with Gasteiger partial charge in [-0.25, -0.2) is 0 Å². The van der Waals surface area contributed by atoms with Crippen LogP contribution in [0.3, 0.4) is 0 Å². The van der Waals surface area contributed by atoms with Crippen LogP contribution in [0.2, 0.25) is 0 Å². The summed E-state index contributed by atoms with van der Waals surface area (Å²) in [5.41, 5.74) is 4.59. The summed E-state index contributed by atoms with van der Waals surface area (Å²) in [6, 6.07) is 11.3. The third kappa shape index (κ3) is 2.71. The molecule has 0 aliphatic rings. The second-order valence-electron chi connectivity index (χ2n) is 6.23. The van der Waals surface area contributed by atoms with E-state index in [2.05, 4.69) is 5.32 Å². The van der Waals surface area contributed by atoms with E-state index < -0.39 is 0 Å². The van der Waals surface area contributed by atoms with Crippen LogP contribution in [0.4, 0.5) is 5.69 Å². The highest BCUT2D eigenvalue weighted by Crippen LogP contribution is 2.22. The van der Waals surface area contributed by atoms with Crippen LogP contribution in [-0.2, 0) is 7.05 Å². The first kappa shape index (κ1) is 16.0. The molecule has 0 unspecified atom stereocenters. The van der Waals surface area contributed by atoms with Crippen LogP contribution < -0.4 is 10.7 Å². The summed E-state index contributed by atoms with van der Waals surface area (Å²) in [5, 5.41) is 3.45. The molecule has 1 heterocycles. The zero-order valence-corrected chi connectivity index (χ0v) is 14.3. The molecule has 122 valence electrons. The minimum absolute atomic E-state index is 0.149. The Morgan fingerprint density at radius 2 is 1.67 bits per heavy atom. The number of aryl methyl sites for hydroxylation is 4. The quantitative estimate of drug-likeness (QED) is 0.782. The molecule has 24 heavy (non-hydrogen) atoms. The fourth-order valence-corrected chi connectivity index (χ4v) is 3.16. The molecular formula is C20H20N2O2. The van der Waals surface area contributed by atoms with Crippen LogP contribution in [0.15, 0.2) is 47.4 Å². The number of hydrogen-bond donors (Lipinski definition) is 1. The topological polar surface area (TPSA) is 51.1 Å². The molecule has 1 N–H and O–H groups in total. The van der Waals surface area contributed by atoms with Gasteiger partial charge in [0.25, 0.3) is 5.91 Å². The molecule has 0 saturated carbocycles. The lowest BCUT2D eigenvalue weighted by atomic mass is 10.0. The average molecular weight is 320 g/mol. The van der Waals surface area contributed by atoms with Gasteiger partial charge < -0.3 is 9.88 Å². The zero-order valence-electron chi connectivity index (χ0n) is 14.3. The van der Waals surface area contributed by atoms with Crippen molar-refractivity contribution in [2.24, 2.45) is 7.05 Å². The number of amides is 1. The number of nitrogens with zero attached hydrogens (tertiary/aromatic N) is 1. The molecule has 4 heteroatoms. The van der Waals surface area contributed by atoms with Gasteiger partial charge in [-0.05, 0) is 44.0 Å². The Labute approximate surface area is 140 Å². The first-order valence-electron chi connectivity index (χ1n) is 7.86. The van der Waals surface area contributed by atoms with Gasteiger partial charge in [-0.3, -0.25) is 9.59 Å². The van der Waals surface area contributed by atoms with Crippen LogP contribution in [0.25, 0.3) is 10.9 Å². The maximum atomic E-state index is 12.7. The summed E-state index contributed by atoms with van der Waals surface area (Å²) in [5.74, 6) is -0.378. The van der Waals surface area contributed by atoms with Gasteiger partial charge in [0, 0.05) is 24.3 Å². The normalized spacial score (nSPS) is 10.8. The minimum Gasteiger partial charge on any atom is -0.350 e. The predicted octanol–water partition coefficient (Wildman–Crippen LogP) is 3.72. The van der Waals surface area contributed by atoms with Crippen molar-refractivity contribution in [1.29, 1.82) is 0 Å². The molecule has 0 aliphatic carbocycles. The van der Waals surface area contributed by atoms with Gasteiger partial charge in [0.05, 0.1) is 5.52 Å². The minimum atomic E-state index is -0.378. The fraction of sp³-hybridized carbons (Fsp3) is 0.200. The number of benzene rings is 2. The van der Waals surface area contributed by atoms with E-state index in [4.69, 9.17) is 0 Å². The standard InChI is InChI=1S/C20H20N2O2/c1-12-9-13(2)18(14(3)10-12)21-20(24)16-11-22(4)17-8-6-5-7-15(17)19(16)23/h5-11H,1-4H3,(H,21,24). The SMILES string of the molecule is Cc1cc(C)c(NC(=O)c2cn(C)c3ccccc3c2=O)c(C)c1. The molecule has 0 spiro atoms. The molecule has 4 nitrogen and oxygen atoms in total. The van der Waals surface area contributed by atoms with Crippen molar-refractivity contribution in [3.05, 3.63) is 75.1 Å². The number of carbonyl (C=O) groups excluding carboxylic acids is 1. The summed E-state index contributed by atoms with van der Waals surface area (Å²) in [6.45, 7) is 5.92. The van der Waals surface area contributed by atoms with Crippen molar-refractivity contribution in [3.63, 3.8) is 0 Å². The van der Waals surface area contributed by atoms with Crippen LogP contribution in [0.1, 0.15) is 27.0 Å². The van der Waals surface area contributed by atoms with Gasteiger partial charge in [-0.2, -0.15) is 0 Å². The number of carbonyl (C=O) groups is 1. The number of rotatable bonds is 2. The van der Waals surface area contributed by atoms with Gasteiger partial charge in [0.2, 0.25) is 5.43 Å². The van der Waals surface area contributed by atoms with Gasteiger partial charge in [-0.1, -0.05) is 29.8 Å². The molecule has 0 radical (unpaired) electrons. The van der Waals surface area contributed by atoms with E-state index in [1.807, 2.05) is 52.1 Å². The van der Waals surface area contributed by atoms with E-state index in [0.717, 1.165) is 27.9 Å². The summed E-state index contributed by atoms with van der Waals surface area (Å²) in [7, 11) is 1.83. The van der Waals surface area contributed by atoms with Gasteiger partial charge in [0.15, 0.2) is 0 Å². The maximum absolute atomic E-state index is 12.7. The van der Waals surface area contributed by atoms with E-state index in [1.54, 1.807) is 22.9 Å². The number of anilines is 1. The maximum Gasteiger partial charge on any atom is 0.261 e. The third-order valence-electron chi connectivity index (χ3n) is 4.26. The van der Waals surface area contributed by atoms with Crippen LogP contribution >= 0.6 is 0 Å². The molecule has 3 aromatic rings. The first-order valence-corrected chi connectivity index (χ1v) is 7.86. The molecule has 2 aromatic carbocycles. The largest absolute Gasteiger partial charge is 0.350 e. The second kappa shape index (κ2) is 5.96. The molecule has 0 bridgehead atoms. The van der Waals surface area contributed by atoms with Crippen molar-refractivity contribution in [1.82, 2.24) is 4.57 Å². The Morgan fingerprint density at radius 1 is 1.04 bits per heavy atom. The lowest BCUT2D eigenvalue weighted by Gasteiger charge is -2.14. The Kier molecular flexibility index (Phi) is 3.97. The molecule has 0 fully saturated rings. The first-order chi connectivity index (χ1) is 11.4. The number of nitrogens with one attached hydrogen (secondary N) is 1. The predicted molar refractivity (Wildman–Crippen MR) is 97.8 cm³/mol. The van der Waals surface area contributed by atoms with Crippen molar-refractivity contribution in [3.8, 4) is 0 Å². The smallest absolute Gasteiger partial charge is 0.261 e. The van der Waals surface area contributed by atoms with Crippen molar-refractivity contribution < 1.29 is 4.79 Å². The van der Waals surface area contributed by atoms with Crippen LogP contribution in [0, 0.1) is 20.8 Å². The van der Waals surface area contributed by atoms with Crippen LogP contribution in [0.5, 0.6) is 0 Å². The highest BCUT2D eigenvalue weighted by molar-refractivity contribution is 6.06. The van der Waals surface area contributed by atoms with Crippen molar-refractivity contribution in [2.75, 3.05) is 5.32 Å². The monoisotopic (exact) mass is 320 g/mol. The van der Waals surface area contributed by atoms with E-state index >= 15 is 0 Å². The lowest BCUT2D eigenvalue weighted by molar-refractivity contribution is 0.102. The lowest BCUT2D eigenvalue weighted by Crippen LogP contribution is -2.24. The molecule has 0 saturated heterocycles. The zero-order chi connectivity index (χ0) is 17.4. The Bertz CT molecular complexity index is 993. The Balaban J connectivity index is 2.07.